The molecule has 0 aromatic carbocycles. The first-order valence-corrected chi connectivity index (χ1v) is 9.02. The van der Waals surface area contributed by atoms with Crippen LogP contribution in [-0.4, -0.2) is 26.9 Å². The first kappa shape index (κ1) is 15.4. The van der Waals surface area contributed by atoms with Crippen LogP contribution in [0.3, 0.4) is 0 Å². The third-order valence-corrected chi connectivity index (χ3v) is 6.43. The number of thioether (sulfide) groups is 1. The molecule has 0 amide bonds. The largest absolute Gasteiger partial charge is 0.515 e. The molecule has 0 spiro atoms. The van der Waals surface area contributed by atoms with Crippen LogP contribution in [0.4, 0.5) is 0 Å². The van der Waals surface area contributed by atoms with Gasteiger partial charge in [-0.1, -0.05) is 13.8 Å². The van der Waals surface area contributed by atoms with Crippen LogP contribution >= 0.6 is 23.1 Å². The number of hydrogen-bond acceptors (Lipinski definition) is 5. The van der Waals surface area contributed by atoms with E-state index in [1.807, 2.05) is 39.4 Å². The summed E-state index contributed by atoms with van der Waals surface area (Å²) in [5.74, 6) is -0.0588. The van der Waals surface area contributed by atoms with Crippen molar-refractivity contribution in [1.29, 1.82) is 0 Å². The number of aliphatic hydroxyl groups excluding tert-OH is 1. The highest BCUT2D eigenvalue weighted by molar-refractivity contribution is 8.00. The second-order valence-electron chi connectivity index (χ2n) is 6.08. The number of aromatic nitrogens is 2. The SMILES string of the molecule is CSc1sc(-c2ccn(C)n2)c2c1C(=O)C(=CO)C(C)(C)C2. The Morgan fingerprint density at radius 3 is 2.77 bits per heavy atom. The Bertz CT molecular complexity index is 784. The number of thiophene rings is 1. The summed E-state index contributed by atoms with van der Waals surface area (Å²) in [6.45, 7) is 3.99. The minimum absolute atomic E-state index is 0.0588. The number of ketones is 1. The van der Waals surface area contributed by atoms with E-state index in [9.17, 15) is 9.90 Å². The first-order chi connectivity index (χ1) is 10.4. The van der Waals surface area contributed by atoms with Gasteiger partial charge in [-0.15, -0.1) is 23.1 Å². The van der Waals surface area contributed by atoms with Gasteiger partial charge in [0, 0.05) is 24.2 Å². The van der Waals surface area contributed by atoms with Crippen molar-refractivity contribution < 1.29 is 9.90 Å². The molecule has 22 heavy (non-hydrogen) atoms. The van der Waals surface area contributed by atoms with Crippen molar-refractivity contribution in [3.8, 4) is 10.6 Å². The lowest BCUT2D eigenvalue weighted by atomic mass is 9.71. The van der Waals surface area contributed by atoms with Crippen LogP contribution in [0.2, 0.25) is 0 Å². The minimum atomic E-state index is -0.376. The summed E-state index contributed by atoms with van der Waals surface area (Å²) < 4.78 is 2.77. The van der Waals surface area contributed by atoms with Crippen LogP contribution in [0, 0.1) is 5.41 Å². The van der Waals surface area contributed by atoms with E-state index in [-0.39, 0.29) is 11.2 Å². The molecule has 3 rings (SSSR count). The molecule has 1 aliphatic carbocycles. The number of fused-ring (bicyclic) bond motifs is 1. The van der Waals surface area contributed by atoms with Crippen molar-refractivity contribution in [2.24, 2.45) is 12.5 Å². The van der Waals surface area contributed by atoms with E-state index < -0.39 is 0 Å². The molecule has 6 heteroatoms. The Balaban J connectivity index is 2.25. The molecule has 1 aliphatic rings. The number of hydrogen-bond donors (Lipinski definition) is 1. The van der Waals surface area contributed by atoms with E-state index in [0.29, 0.717) is 5.57 Å². The first-order valence-electron chi connectivity index (χ1n) is 6.98. The maximum absolute atomic E-state index is 12.8. The maximum atomic E-state index is 12.8. The van der Waals surface area contributed by atoms with Crippen LogP contribution in [0.1, 0.15) is 29.8 Å². The Morgan fingerprint density at radius 1 is 1.50 bits per heavy atom. The van der Waals surface area contributed by atoms with Gasteiger partial charge < -0.3 is 5.11 Å². The van der Waals surface area contributed by atoms with Crippen LogP contribution in [0.5, 0.6) is 0 Å². The zero-order valence-electron chi connectivity index (χ0n) is 13.0. The number of Topliss-reactive ketones (excluding diaryl/α,β-unsaturated/α-hetero) is 1. The van der Waals surface area contributed by atoms with Crippen molar-refractivity contribution in [2.75, 3.05) is 6.26 Å². The number of aryl methyl sites for hydroxylation is 1. The van der Waals surface area contributed by atoms with Crippen LogP contribution < -0.4 is 0 Å². The third kappa shape index (κ3) is 2.21. The van der Waals surface area contributed by atoms with Crippen molar-refractivity contribution in [3.05, 3.63) is 35.2 Å². The average Bonchev–Trinajstić information content (AvgIpc) is 3.01. The van der Waals surface area contributed by atoms with Crippen molar-refractivity contribution >= 4 is 28.9 Å². The summed E-state index contributed by atoms with van der Waals surface area (Å²) in [6, 6.07) is 1.98. The van der Waals surface area contributed by atoms with Crippen LogP contribution in [0.25, 0.3) is 10.6 Å². The van der Waals surface area contributed by atoms with Gasteiger partial charge in [0.2, 0.25) is 0 Å². The van der Waals surface area contributed by atoms with Crippen molar-refractivity contribution in [3.63, 3.8) is 0 Å². The zero-order chi connectivity index (χ0) is 16.1. The minimum Gasteiger partial charge on any atom is -0.515 e. The van der Waals surface area contributed by atoms with Gasteiger partial charge in [0.25, 0.3) is 0 Å². The van der Waals surface area contributed by atoms with Gasteiger partial charge in [-0.3, -0.25) is 9.48 Å². The number of allylic oxidation sites excluding steroid dienone is 1. The molecule has 0 bridgehead atoms. The van der Waals surface area contributed by atoms with E-state index >= 15 is 0 Å². The summed E-state index contributed by atoms with van der Waals surface area (Å²) in [5.41, 5.74) is 2.83. The standard InChI is InChI=1S/C16H18N2O2S2/c1-16(2)7-9-12(13(20)10(16)8-19)15(21-4)22-14(9)11-5-6-18(3)17-11/h5-6,8,19H,7H2,1-4H3. The topological polar surface area (TPSA) is 55.1 Å². The summed E-state index contributed by atoms with van der Waals surface area (Å²) in [6.07, 6.45) is 5.59. The molecule has 0 unspecified atom stereocenters. The molecule has 2 aromatic rings. The van der Waals surface area contributed by atoms with Gasteiger partial charge in [0.1, 0.15) is 5.69 Å². The predicted molar refractivity (Wildman–Crippen MR) is 90.8 cm³/mol. The maximum Gasteiger partial charge on any atom is 0.194 e. The van der Waals surface area contributed by atoms with Gasteiger partial charge in [-0.05, 0) is 24.3 Å². The van der Waals surface area contributed by atoms with E-state index in [4.69, 9.17) is 0 Å². The molecule has 2 aromatic heterocycles. The highest BCUT2D eigenvalue weighted by atomic mass is 32.2. The zero-order valence-corrected chi connectivity index (χ0v) is 14.6. The lowest BCUT2D eigenvalue weighted by Gasteiger charge is -2.31. The van der Waals surface area contributed by atoms with Gasteiger partial charge in [0.15, 0.2) is 5.78 Å². The lowest BCUT2D eigenvalue weighted by molar-refractivity contribution is 0.0988. The van der Waals surface area contributed by atoms with Crippen molar-refractivity contribution in [1.82, 2.24) is 9.78 Å². The number of aliphatic hydroxyl groups is 1. The monoisotopic (exact) mass is 334 g/mol. The Labute approximate surface area is 137 Å². The molecule has 0 saturated heterocycles. The van der Waals surface area contributed by atoms with Crippen LogP contribution in [0.15, 0.2) is 28.3 Å². The molecule has 2 heterocycles. The van der Waals surface area contributed by atoms with Gasteiger partial charge in [0.05, 0.1) is 20.9 Å². The predicted octanol–water partition coefficient (Wildman–Crippen LogP) is 4.08. The quantitative estimate of drug-likeness (QED) is 0.511. The molecule has 0 saturated carbocycles. The van der Waals surface area contributed by atoms with E-state index in [2.05, 4.69) is 5.10 Å². The highest BCUT2D eigenvalue weighted by Crippen LogP contribution is 2.49. The number of nitrogens with zero attached hydrogens (tertiary/aromatic N) is 2. The fraction of sp³-hybridized carbons (Fsp3) is 0.375. The van der Waals surface area contributed by atoms with E-state index in [1.54, 1.807) is 27.8 Å². The highest BCUT2D eigenvalue weighted by Gasteiger charge is 2.40. The molecular weight excluding hydrogens is 316 g/mol. The molecule has 0 atom stereocenters. The fourth-order valence-corrected chi connectivity index (χ4v) is 4.96. The molecule has 116 valence electrons. The Hall–Kier alpha value is -1.53. The van der Waals surface area contributed by atoms with Gasteiger partial charge >= 0.3 is 0 Å². The van der Waals surface area contributed by atoms with Gasteiger partial charge in [-0.25, -0.2) is 0 Å². The van der Waals surface area contributed by atoms with Crippen LogP contribution in [-0.2, 0) is 13.5 Å². The smallest absolute Gasteiger partial charge is 0.194 e. The third-order valence-electron chi connectivity index (χ3n) is 4.06. The second kappa shape index (κ2) is 5.28. The summed E-state index contributed by atoms with van der Waals surface area (Å²) in [4.78, 5) is 13.9. The average molecular weight is 334 g/mol. The molecule has 0 radical (unpaired) electrons. The fourth-order valence-electron chi connectivity index (χ4n) is 2.94. The second-order valence-corrected chi connectivity index (χ2v) is 8.18. The lowest BCUT2D eigenvalue weighted by Crippen LogP contribution is -2.30. The summed E-state index contributed by atoms with van der Waals surface area (Å²) >= 11 is 3.19. The normalized spacial score (nSPS) is 18.7. The molecule has 0 fully saturated rings. The number of carbonyl (C=O) groups is 1. The summed E-state index contributed by atoms with van der Waals surface area (Å²) in [5, 5.41) is 14.0. The van der Waals surface area contributed by atoms with E-state index in [0.717, 1.165) is 38.6 Å². The molecule has 1 N–H and O–H groups in total. The molecule has 4 nitrogen and oxygen atoms in total. The Kier molecular flexibility index (Phi) is 3.69. The number of rotatable bonds is 2. The molecular formula is C16H18N2O2S2. The van der Waals surface area contributed by atoms with Crippen molar-refractivity contribution in [2.45, 2.75) is 24.5 Å². The number of carbonyl (C=O) groups excluding carboxylic acids is 1. The summed E-state index contributed by atoms with van der Waals surface area (Å²) in [7, 11) is 1.89. The van der Waals surface area contributed by atoms with E-state index in [1.165, 1.54) is 0 Å². The van der Waals surface area contributed by atoms with Gasteiger partial charge in [-0.2, -0.15) is 5.10 Å². The molecule has 0 aliphatic heterocycles. The Morgan fingerprint density at radius 2 is 2.23 bits per heavy atom.